The summed E-state index contributed by atoms with van der Waals surface area (Å²) in [6.07, 6.45) is -1.98. The molecule has 4 amide bonds. The number of nitrogens with one attached hydrogen (secondary N) is 3. The van der Waals surface area contributed by atoms with Crippen LogP contribution < -0.4 is 38.9 Å². The molecule has 23 heteroatoms. The fourth-order valence-electron chi connectivity index (χ4n) is 4.90. The number of carboxylic acid groups (broad SMARTS) is 2. The van der Waals surface area contributed by atoms with E-state index in [2.05, 4.69) is 20.9 Å². The zero-order valence-corrected chi connectivity index (χ0v) is 28.3. The number of aliphatic carboxylic acids is 2. The molecule has 286 valence electrons. The molecule has 0 radical (unpaired) electrons. The number of β-lactam (4-membered cyclic amide) rings is 1. The van der Waals surface area contributed by atoms with E-state index in [1.54, 1.807) is 0 Å². The molecule has 0 aromatic heterocycles. The maximum absolute atomic E-state index is 12.9. The van der Waals surface area contributed by atoms with Gasteiger partial charge in [0.2, 0.25) is 17.7 Å². The predicted octanol–water partition coefficient (Wildman–Crippen LogP) is -6.06. The fourth-order valence-corrected chi connectivity index (χ4v) is 6.23. The molecule has 0 saturated carbocycles. The first kappa shape index (κ1) is 42.6. The lowest BCUT2D eigenvalue weighted by Gasteiger charge is -2.49. The summed E-state index contributed by atoms with van der Waals surface area (Å²) < 4.78 is 5.22. The molecule has 2 rings (SSSR count). The first-order valence-electron chi connectivity index (χ1n) is 15.7. The number of thioether (sulfide) groups is 1. The molecule has 2 heterocycles. The number of guanidine groups is 1. The Balaban J connectivity index is 2.04. The van der Waals surface area contributed by atoms with Crippen molar-refractivity contribution in [3.05, 3.63) is 11.3 Å². The number of nitrogens with zero attached hydrogens (tertiary/aromatic N) is 2. The molecule has 22 nitrogen and oxygen atoms in total. The Bertz CT molecular complexity index is 1380. The fraction of sp³-hybridized carbons (Fsp3) is 0.643. The molecule has 0 aromatic rings. The summed E-state index contributed by atoms with van der Waals surface area (Å²) in [6.45, 7) is -2.08. The molecule has 0 aliphatic carbocycles. The van der Waals surface area contributed by atoms with Gasteiger partial charge in [0, 0.05) is 24.3 Å². The second kappa shape index (κ2) is 20.3. The molecule has 2 aliphatic heterocycles. The Morgan fingerprint density at radius 2 is 1.67 bits per heavy atom. The van der Waals surface area contributed by atoms with Crippen LogP contribution in [0.1, 0.15) is 38.5 Å². The van der Waals surface area contributed by atoms with Crippen molar-refractivity contribution in [2.45, 2.75) is 80.2 Å². The molecule has 1 fully saturated rings. The number of carbonyl (C=O) groups is 7. The summed E-state index contributed by atoms with van der Waals surface area (Å²) in [5, 5.41) is 54.6. The molecule has 1 saturated heterocycles. The number of aliphatic imine (C=N–C) groups is 1. The minimum absolute atomic E-state index is 0.00340. The van der Waals surface area contributed by atoms with Crippen LogP contribution in [0, 0.1) is 0 Å². The van der Waals surface area contributed by atoms with Crippen molar-refractivity contribution >= 4 is 59.3 Å². The van der Waals surface area contributed by atoms with Gasteiger partial charge in [-0.3, -0.25) is 38.7 Å². The Morgan fingerprint density at radius 3 is 2.25 bits per heavy atom. The van der Waals surface area contributed by atoms with Crippen LogP contribution in [0.2, 0.25) is 0 Å². The number of carboxylic acids is 2. The topological polar surface area (TPSA) is 386 Å². The molecule has 7 atom stereocenters. The average molecular weight is 748 g/mol. The molecular weight excluding hydrogens is 702 g/mol. The van der Waals surface area contributed by atoms with E-state index in [1.807, 2.05) is 0 Å². The van der Waals surface area contributed by atoms with Crippen molar-refractivity contribution in [3.8, 4) is 0 Å². The van der Waals surface area contributed by atoms with E-state index in [9.17, 15) is 48.9 Å². The van der Waals surface area contributed by atoms with Crippen LogP contribution in [0.4, 0.5) is 0 Å². The third-order valence-corrected chi connectivity index (χ3v) is 9.03. The van der Waals surface area contributed by atoms with Crippen molar-refractivity contribution in [2.24, 2.45) is 27.9 Å². The molecule has 2 aliphatic rings. The van der Waals surface area contributed by atoms with Gasteiger partial charge in [0.1, 0.15) is 41.8 Å². The number of amides is 4. The molecule has 0 aromatic carbocycles. The normalized spacial score (nSPS) is 19.6. The van der Waals surface area contributed by atoms with E-state index in [0.717, 1.165) is 16.7 Å². The number of hydrogen-bond donors (Lipinski definition) is 12. The van der Waals surface area contributed by atoms with Gasteiger partial charge < -0.3 is 69.2 Å². The monoisotopic (exact) mass is 747 g/mol. The summed E-state index contributed by atoms with van der Waals surface area (Å²) >= 11 is 1.11. The summed E-state index contributed by atoms with van der Waals surface area (Å²) in [6, 6.07) is -6.23. The summed E-state index contributed by atoms with van der Waals surface area (Å²) in [5.74, 6) is -7.04. The van der Waals surface area contributed by atoms with Gasteiger partial charge in [0.25, 0.3) is 5.91 Å². The summed E-state index contributed by atoms with van der Waals surface area (Å²) in [5.41, 5.74) is 21.1. The number of nitrogens with two attached hydrogens (primary N) is 4. The van der Waals surface area contributed by atoms with Gasteiger partial charge >= 0.3 is 17.9 Å². The number of aliphatic hydroxyl groups is 3. The maximum Gasteiger partial charge on any atom is 0.352 e. The van der Waals surface area contributed by atoms with Gasteiger partial charge in [0.05, 0.1) is 31.8 Å². The number of rotatable bonds is 22. The minimum Gasteiger partial charge on any atom is -0.480 e. The number of carbonyl (C=O) groups excluding carboxylic acids is 5. The summed E-state index contributed by atoms with van der Waals surface area (Å²) in [4.78, 5) is 90.6. The number of fused-ring (bicyclic) bond motifs is 1. The highest BCUT2D eigenvalue weighted by Crippen LogP contribution is 2.40. The first-order valence-corrected chi connectivity index (χ1v) is 16.7. The molecular formula is C28H45N9O13S. The lowest BCUT2D eigenvalue weighted by molar-refractivity contribution is -0.151. The second-order valence-corrected chi connectivity index (χ2v) is 12.7. The van der Waals surface area contributed by atoms with Gasteiger partial charge in [0.15, 0.2) is 5.96 Å². The lowest BCUT2D eigenvalue weighted by atomic mass is 10.0. The van der Waals surface area contributed by atoms with Gasteiger partial charge in [-0.15, -0.1) is 11.8 Å². The van der Waals surface area contributed by atoms with Crippen LogP contribution in [-0.4, -0.2) is 152 Å². The Morgan fingerprint density at radius 1 is 0.980 bits per heavy atom. The maximum atomic E-state index is 12.9. The molecule has 0 spiro atoms. The van der Waals surface area contributed by atoms with E-state index < -0.39 is 115 Å². The number of hydrogen-bond acceptors (Lipinski definition) is 15. The van der Waals surface area contributed by atoms with Gasteiger partial charge in [-0.2, -0.15) is 0 Å². The van der Waals surface area contributed by atoms with Crippen molar-refractivity contribution in [2.75, 3.05) is 32.1 Å². The molecule has 2 unspecified atom stereocenters. The van der Waals surface area contributed by atoms with Crippen LogP contribution in [0.15, 0.2) is 16.3 Å². The zero-order chi connectivity index (χ0) is 38.4. The molecule has 16 N–H and O–H groups in total. The Hall–Kier alpha value is -4.55. The van der Waals surface area contributed by atoms with Crippen LogP contribution >= 0.6 is 11.8 Å². The molecule has 0 bridgehead atoms. The number of esters is 1. The van der Waals surface area contributed by atoms with Crippen LogP contribution in [-0.2, 0) is 38.3 Å². The third kappa shape index (κ3) is 12.6. The smallest absolute Gasteiger partial charge is 0.352 e. The average Bonchev–Trinajstić information content (AvgIpc) is 3.08. The largest absolute Gasteiger partial charge is 0.480 e. The highest BCUT2D eigenvalue weighted by Gasteiger charge is 2.54. The third-order valence-electron chi connectivity index (χ3n) is 7.69. The van der Waals surface area contributed by atoms with E-state index in [-0.39, 0.29) is 55.9 Å². The quantitative estimate of drug-likeness (QED) is 0.0161. The van der Waals surface area contributed by atoms with Crippen LogP contribution in [0.25, 0.3) is 0 Å². The van der Waals surface area contributed by atoms with Crippen LogP contribution in [0.3, 0.4) is 0 Å². The first-order chi connectivity index (χ1) is 24.0. The van der Waals surface area contributed by atoms with Gasteiger partial charge in [-0.1, -0.05) is 0 Å². The molecule has 51 heavy (non-hydrogen) atoms. The second-order valence-electron chi connectivity index (χ2n) is 11.6. The standard InChI is InChI=1S/C28H45N9O13S/c29-13(26(46)47)3-1-5-18(41)36-20-24(45)37-21(27(48)49)12(11-51-25(20)37)10-50-19(42)7-17(40)15(4-2-6-33-28(31)32)34-23(44)16(9-39)35-22(43)14(30)8-38/h13-17,20,25,38-40H,1-11,29-30H2,(H,34,44)(H,35,43)(H,36,41)(H,46,47)(H,48,49)(H4,31,32,33)/t13-,14?,15+,16+,17-,20-,25?/m1/s1. The Labute approximate surface area is 295 Å². The Kier molecular flexibility index (Phi) is 17.0. The van der Waals surface area contributed by atoms with E-state index in [1.165, 1.54) is 0 Å². The van der Waals surface area contributed by atoms with E-state index >= 15 is 0 Å². The summed E-state index contributed by atoms with van der Waals surface area (Å²) in [7, 11) is 0. The van der Waals surface area contributed by atoms with Crippen molar-refractivity contribution in [1.82, 2.24) is 20.9 Å². The minimum atomic E-state index is -1.59. The zero-order valence-electron chi connectivity index (χ0n) is 27.4. The highest BCUT2D eigenvalue weighted by molar-refractivity contribution is 8.00. The van der Waals surface area contributed by atoms with Crippen molar-refractivity contribution < 1.29 is 63.8 Å². The van der Waals surface area contributed by atoms with Crippen molar-refractivity contribution in [1.29, 1.82) is 0 Å². The van der Waals surface area contributed by atoms with Crippen LogP contribution in [0.5, 0.6) is 0 Å². The van der Waals surface area contributed by atoms with Gasteiger partial charge in [-0.25, -0.2) is 4.79 Å². The number of ether oxygens (including phenoxy) is 1. The van der Waals surface area contributed by atoms with Gasteiger partial charge in [-0.05, 0) is 25.7 Å². The SMILES string of the molecule is NC(N)=NCCC[C@H](NC(=O)[C@H](CO)NC(=O)C(N)CO)[C@H](O)CC(=O)OCC1=C(C(=O)O)N2C(=O)[C@@H](NC(=O)CCC[C@@H](N)C(=O)O)C2SC1. The lowest BCUT2D eigenvalue weighted by Crippen LogP contribution is -2.70. The van der Waals surface area contributed by atoms with E-state index in [0.29, 0.717) is 0 Å². The number of aliphatic hydroxyl groups excluding tert-OH is 3. The highest BCUT2D eigenvalue weighted by atomic mass is 32.2. The van der Waals surface area contributed by atoms with E-state index in [4.69, 9.17) is 37.9 Å². The predicted molar refractivity (Wildman–Crippen MR) is 177 cm³/mol. The van der Waals surface area contributed by atoms with Crippen molar-refractivity contribution in [3.63, 3.8) is 0 Å².